The molecule has 0 aliphatic rings. The minimum Gasteiger partial charge on any atom is -0.480 e. The minimum atomic E-state index is -3.89. The monoisotopic (exact) mass is 309 g/mol. The van der Waals surface area contributed by atoms with Gasteiger partial charge in [0.1, 0.15) is 6.04 Å². The van der Waals surface area contributed by atoms with Gasteiger partial charge in [0.2, 0.25) is 10.0 Å². The van der Waals surface area contributed by atoms with Crippen LogP contribution in [0.2, 0.25) is 0 Å². The van der Waals surface area contributed by atoms with Gasteiger partial charge in [-0.3, -0.25) is 4.79 Å². The van der Waals surface area contributed by atoms with Crippen molar-refractivity contribution < 1.29 is 18.3 Å². The van der Waals surface area contributed by atoms with Crippen molar-refractivity contribution in [2.24, 2.45) is 0 Å². The number of aryl methyl sites for hydroxylation is 1. The van der Waals surface area contributed by atoms with Gasteiger partial charge < -0.3 is 10.1 Å². The van der Waals surface area contributed by atoms with Crippen LogP contribution in [-0.2, 0) is 21.2 Å². The third-order valence-electron chi connectivity index (χ3n) is 2.91. The summed E-state index contributed by atoms with van der Waals surface area (Å²) in [5.74, 6) is -1.25. The Bertz CT molecular complexity index is 708. The fourth-order valence-electron chi connectivity index (χ4n) is 1.77. The van der Waals surface area contributed by atoms with E-state index in [4.69, 9.17) is 5.11 Å². The lowest BCUT2D eigenvalue weighted by molar-refractivity contribution is -0.138. The summed E-state index contributed by atoms with van der Waals surface area (Å²) in [6.45, 7) is 1.84. The molecule has 0 saturated carbocycles. The maximum Gasteiger partial charge on any atom is 0.322 e. The molecule has 0 radical (unpaired) electrons. The Morgan fingerprint density at radius 3 is 2.57 bits per heavy atom. The number of aliphatic carboxylic acids is 1. The van der Waals surface area contributed by atoms with E-state index in [-0.39, 0.29) is 11.3 Å². The number of nitrogens with zero attached hydrogens (tertiary/aromatic N) is 1. The molecule has 0 spiro atoms. The molecule has 112 valence electrons. The number of imidazole rings is 1. The van der Waals surface area contributed by atoms with Crippen molar-refractivity contribution in [2.45, 2.75) is 24.3 Å². The summed E-state index contributed by atoms with van der Waals surface area (Å²) in [6.07, 6.45) is 2.85. The molecule has 7 nitrogen and oxygen atoms in total. The van der Waals surface area contributed by atoms with Gasteiger partial charge in [-0.15, -0.1) is 0 Å². The van der Waals surface area contributed by atoms with Crippen LogP contribution in [0.15, 0.2) is 41.7 Å². The van der Waals surface area contributed by atoms with E-state index in [2.05, 4.69) is 14.7 Å². The average molecular weight is 309 g/mol. The number of benzene rings is 1. The zero-order valence-electron chi connectivity index (χ0n) is 11.3. The number of rotatable bonds is 6. The molecule has 2 aromatic rings. The first kappa shape index (κ1) is 15.2. The molecule has 1 aromatic heterocycles. The van der Waals surface area contributed by atoms with E-state index in [1.54, 1.807) is 12.1 Å². The van der Waals surface area contributed by atoms with Crippen LogP contribution < -0.4 is 4.72 Å². The molecule has 2 rings (SSSR count). The van der Waals surface area contributed by atoms with Gasteiger partial charge in [-0.2, -0.15) is 4.72 Å². The molecule has 1 heterocycles. The van der Waals surface area contributed by atoms with Gasteiger partial charge >= 0.3 is 5.97 Å². The number of aromatic amines is 1. The van der Waals surface area contributed by atoms with Gasteiger partial charge in [-0.1, -0.05) is 17.7 Å². The van der Waals surface area contributed by atoms with Gasteiger partial charge in [-0.25, -0.2) is 13.4 Å². The van der Waals surface area contributed by atoms with Crippen molar-refractivity contribution in [2.75, 3.05) is 0 Å². The molecule has 21 heavy (non-hydrogen) atoms. The van der Waals surface area contributed by atoms with Crippen LogP contribution in [0, 0.1) is 6.92 Å². The second kappa shape index (κ2) is 6.06. The summed E-state index contributed by atoms with van der Waals surface area (Å²) < 4.78 is 26.6. The topological polar surface area (TPSA) is 112 Å². The zero-order chi connectivity index (χ0) is 15.5. The van der Waals surface area contributed by atoms with Crippen LogP contribution in [0.4, 0.5) is 0 Å². The molecule has 0 saturated heterocycles. The summed E-state index contributed by atoms with van der Waals surface area (Å²) in [4.78, 5) is 17.8. The number of sulfonamides is 1. The molecule has 0 unspecified atom stereocenters. The third-order valence-corrected chi connectivity index (χ3v) is 4.39. The maximum atomic E-state index is 12.2. The van der Waals surface area contributed by atoms with E-state index >= 15 is 0 Å². The fraction of sp³-hybridized carbons (Fsp3) is 0.231. The minimum absolute atomic E-state index is 0.0135. The number of hydrogen-bond donors (Lipinski definition) is 3. The highest BCUT2D eigenvalue weighted by Crippen LogP contribution is 2.11. The van der Waals surface area contributed by atoms with Crippen LogP contribution in [0.1, 0.15) is 11.3 Å². The van der Waals surface area contributed by atoms with Crippen molar-refractivity contribution in [1.29, 1.82) is 0 Å². The first-order valence-corrected chi connectivity index (χ1v) is 7.66. The summed E-state index contributed by atoms with van der Waals surface area (Å²) in [5.41, 5.74) is 1.45. The number of H-pyrrole nitrogens is 1. The fourth-order valence-corrected chi connectivity index (χ4v) is 2.96. The molecule has 8 heteroatoms. The Morgan fingerprint density at radius 2 is 2.05 bits per heavy atom. The van der Waals surface area contributed by atoms with Crippen LogP contribution in [0.25, 0.3) is 0 Å². The first-order chi connectivity index (χ1) is 9.88. The number of aromatic nitrogens is 2. The van der Waals surface area contributed by atoms with E-state index < -0.39 is 22.0 Å². The molecule has 0 fully saturated rings. The molecular formula is C13H15N3O4S. The lowest BCUT2D eigenvalue weighted by Gasteiger charge is -2.14. The van der Waals surface area contributed by atoms with Gasteiger partial charge in [0, 0.05) is 18.3 Å². The summed E-state index contributed by atoms with van der Waals surface area (Å²) >= 11 is 0. The van der Waals surface area contributed by atoms with Crippen molar-refractivity contribution >= 4 is 16.0 Å². The lowest BCUT2D eigenvalue weighted by Crippen LogP contribution is -2.42. The number of carbonyl (C=O) groups is 1. The van der Waals surface area contributed by atoms with E-state index in [1.165, 1.54) is 24.7 Å². The highest BCUT2D eigenvalue weighted by molar-refractivity contribution is 7.89. The van der Waals surface area contributed by atoms with Gasteiger partial charge in [0.15, 0.2) is 0 Å². The SMILES string of the molecule is Cc1ccc(S(=O)(=O)N[C@H](Cc2cnc[nH]2)C(=O)O)cc1. The zero-order valence-corrected chi connectivity index (χ0v) is 12.1. The van der Waals surface area contributed by atoms with Crippen LogP contribution >= 0.6 is 0 Å². The molecule has 1 aromatic carbocycles. The van der Waals surface area contributed by atoms with E-state index in [1.807, 2.05) is 6.92 Å². The van der Waals surface area contributed by atoms with E-state index in [0.717, 1.165) is 5.56 Å². The average Bonchev–Trinajstić information content (AvgIpc) is 2.91. The normalized spacial score (nSPS) is 13.0. The van der Waals surface area contributed by atoms with E-state index in [0.29, 0.717) is 5.69 Å². The standard InChI is InChI=1S/C13H15N3O4S/c1-9-2-4-11(5-3-9)21(19,20)16-12(13(17)18)6-10-7-14-8-15-10/h2-5,7-8,12,16H,6H2,1H3,(H,14,15)(H,17,18)/t12-/m1/s1. The summed E-state index contributed by atoms with van der Waals surface area (Å²) in [5, 5.41) is 9.17. The number of carboxylic acids is 1. The number of carboxylic acid groups (broad SMARTS) is 1. The predicted molar refractivity (Wildman–Crippen MR) is 75.2 cm³/mol. The maximum absolute atomic E-state index is 12.2. The highest BCUT2D eigenvalue weighted by Gasteiger charge is 2.26. The Morgan fingerprint density at radius 1 is 1.38 bits per heavy atom. The second-order valence-corrected chi connectivity index (χ2v) is 6.32. The first-order valence-electron chi connectivity index (χ1n) is 6.17. The highest BCUT2D eigenvalue weighted by atomic mass is 32.2. The quantitative estimate of drug-likeness (QED) is 0.727. The van der Waals surface area contributed by atoms with E-state index in [9.17, 15) is 13.2 Å². The largest absolute Gasteiger partial charge is 0.480 e. The van der Waals surface area contributed by atoms with Crippen LogP contribution in [0.3, 0.4) is 0 Å². The molecular weight excluding hydrogens is 294 g/mol. The predicted octanol–water partition coefficient (Wildman–Crippen LogP) is 0.692. The Kier molecular flexibility index (Phi) is 4.39. The third kappa shape index (κ3) is 3.89. The van der Waals surface area contributed by atoms with Gasteiger partial charge in [0.05, 0.1) is 11.2 Å². The molecule has 0 aliphatic carbocycles. The van der Waals surface area contributed by atoms with Crippen molar-refractivity contribution in [3.05, 3.63) is 48.0 Å². The molecule has 0 bridgehead atoms. The summed E-state index contributed by atoms with van der Waals surface area (Å²) in [7, 11) is -3.89. The van der Waals surface area contributed by atoms with Gasteiger partial charge in [-0.05, 0) is 19.1 Å². The Labute approximate surface area is 122 Å². The van der Waals surface area contributed by atoms with Crippen molar-refractivity contribution in [3.8, 4) is 0 Å². The number of hydrogen-bond acceptors (Lipinski definition) is 4. The van der Waals surface area contributed by atoms with Crippen LogP contribution in [-0.4, -0.2) is 35.5 Å². The number of nitrogens with one attached hydrogen (secondary N) is 2. The van der Waals surface area contributed by atoms with Crippen LogP contribution in [0.5, 0.6) is 0 Å². The second-order valence-electron chi connectivity index (χ2n) is 4.61. The molecule has 1 atom stereocenters. The molecule has 0 amide bonds. The Hall–Kier alpha value is -2.19. The molecule has 0 aliphatic heterocycles. The smallest absolute Gasteiger partial charge is 0.322 e. The van der Waals surface area contributed by atoms with Crippen molar-refractivity contribution in [3.63, 3.8) is 0 Å². The molecule has 3 N–H and O–H groups in total. The lowest BCUT2D eigenvalue weighted by atomic mass is 10.2. The Balaban J connectivity index is 2.19. The van der Waals surface area contributed by atoms with Crippen molar-refractivity contribution in [1.82, 2.24) is 14.7 Å². The summed E-state index contributed by atoms with van der Waals surface area (Å²) in [6, 6.07) is 4.91. The van der Waals surface area contributed by atoms with Gasteiger partial charge in [0.25, 0.3) is 0 Å².